The summed E-state index contributed by atoms with van der Waals surface area (Å²) in [5.74, 6) is 3.20. The minimum atomic E-state index is -2.42. The molecule has 3 aliphatic carbocycles. The number of phenols is 1. The van der Waals surface area contributed by atoms with Crippen molar-refractivity contribution in [2.75, 3.05) is 0 Å². The van der Waals surface area contributed by atoms with E-state index in [1.54, 1.807) is 19.9 Å². The Hall–Kier alpha value is -3.95. The van der Waals surface area contributed by atoms with Crippen molar-refractivity contribution < 1.29 is 29.7 Å². The topological polar surface area (TPSA) is 112 Å². The number of benzene rings is 2. The maximum absolute atomic E-state index is 13.9. The Morgan fingerprint density at radius 1 is 0.973 bits per heavy atom. The maximum atomic E-state index is 13.9. The van der Waals surface area contributed by atoms with Gasteiger partial charge < -0.3 is 15.3 Å². The SMILES string of the molecule is CC(=O)C1=C(C)C[C@@]2(C)C[C@@]3(C)Cc4c(C#Cc5ccccc5)ccc(O)c4C(=O)C3=C(O)[C@@]2(O)C1=O. The maximum Gasteiger partial charge on any atom is 0.206 e. The van der Waals surface area contributed by atoms with Gasteiger partial charge in [0.15, 0.2) is 17.2 Å². The van der Waals surface area contributed by atoms with Crippen LogP contribution in [-0.4, -0.2) is 38.3 Å². The van der Waals surface area contributed by atoms with Gasteiger partial charge in [-0.1, -0.05) is 49.5 Å². The highest BCUT2D eigenvalue weighted by atomic mass is 16.3. The number of carbonyl (C=O) groups is 3. The molecule has 0 aliphatic heterocycles. The average Bonchev–Trinajstić information content (AvgIpc) is 2.81. The number of phenolic OH excluding ortho intramolecular Hbond substituents is 1. The molecule has 0 fully saturated rings. The first-order valence-corrected chi connectivity index (χ1v) is 12.2. The molecule has 0 saturated heterocycles. The molecule has 0 heterocycles. The fraction of sp³-hybridized carbons (Fsp3) is 0.323. The van der Waals surface area contributed by atoms with Crippen molar-refractivity contribution in [3.8, 4) is 17.6 Å². The zero-order chi connectivity index (χ0) is 26.9. The second-order valence-electron chi connectivity index (χ2n) is 11.1. The van der Waals surface area contributed by atoms with Crippen molar-refractivity contribution in [2.24, 2.45) is 10.8 Å². The summed E-state index contributed by atoms with van der Waals surface area (Å²) in [5.41, 5.74) is -2.23. The number of carbonyl (C=O) groups excluding carboxylic acids is 3. The minimum absolute atomic E-state index is 0.00728. The molecule has 3 N–H and O–H groups in total. The fourth-order valence-corrected chi connectivity index (χ4v) is 6.81. The van der Waals surface area contributed by atoms with Crippen LogP contribution in [0.3, 0.4) is 0 Å². The first-order chi connectivity index (χ1) is 17.3. The van der Waals surface area contributed by atoms with E-state index in [0.717, 1.165) is 5.56 Å². The lowest BCUT2D eigenvalue weighted by Gasteiger charge is -2.56. The van der Waals surface area contributed by atoms with E-state index in [0.29, 0.717) is 16.7 Å². The van der Waals surface area contributed by atoms with E-state index in [9.17, 15) is 29.7 Å². The normalized spacial score (nSPS) is 28.7. The average molecular weight is 497 g/mol. The molecule has 2 aromatic rings. The molecule has 6 heteroatoms. The molecule has 0 bridgehead atoms. The molecule has 0 radical (unpaired) electrons. The third-order valence-electron chi connectivity index (χ3n) is 8.25. The van der Waals surface area contributed by atoms with Gasteiger partial charge >= 0.3 is 0 Å². The third-order valence-corrected chi connectivity index (χ3v) is 8.25. The van der Waals surface area contributed by atoms with Crippen molar-refractivity contribution in [1.82, 2.24) is 0 Å². The van der Waals surface area contributed by atoms with Gasteiger partial charge in [0.25, 0.3) is 0 Å². The zero-order valence-corrected chi connectivity index (χ0v) is 21.2. The van der Waals surface area contributed by atoms with Crippen LogP contribution in [0.25, 0.3) is 0 Å². The summed E-state index contributed by atoms with van der Waals surface area (Å²) in [6.07, 6.45) is 0.679. The number of rotatable bonds is 1. The summed E-state index contributed by atoms with van der Waals surface area (Å²) in [4.78, 5) is 39.7. The summed E-state index contributed by atoms with van der Waals surface area (Å²) in [7, 11) is 0. The molecule has 3 aliphatic rings. The zero-order valence-electron chi connectivity index (χ0n) is 21.2. The number of Topliss-reactive ketones (excluding diaryl/α,β-unsaturated/α-hetero) is 3. The summed E-state index contributed by atoms with van der Waals surface area (Å²) < 4.78 is 0. The molecule has 0 spiro atoms. The number of aliphatic hydroxyl groups is 2. The number of aromatic hydroxyl groups is 1. The van der Waals surface area contributed by atoms with Crippen LogP contribution in [0.4, 0.5) is 0 Å². The summed E-state index contributed by atoms with van der Waals surface area (Å²) >= 11 is 0. The van der Waals surface area contributed by atoms with Gasteiger partial charge in [-0.05, 0) is 62.9 Å². The predicted molar refractivity (Wildman–Crippen MR) is 137 cm³/mol. The van der Waals surface area contributed by atoms with Crippen LogP contribution in [0.1, 0.15) is 67.6 Å². The monoisotopic (exact) mass is 496 g/mol. The number of hydrogen-bond donors (Lipinski definition) is 3. The molecule has 5 rings (SSSR count). The number of fused-ring (bicyclic) bond motifs is 3. The Bertz CT molecular complexity index is 1530. The lowest BCUT2D eigenvalue weighted by atomic mass is 9.48. The first-order valence-electron chi connectivity index (χ1n) is 12.2. The number of allylic oxidation sites excluding steroid dienone is 2. The fourth-order valence-electron chi connectivity index (χ4n) is 6.81. The van der Waals surface area contributed by atoms with Gasteiger partial charge in [0.05, 0.1) is 11.1 Å². The molecule has 6 nitrogen and oxygen atoms in total. The van der Waals surface area contributed by atoms with Gasteiger partial charge in [0.2, 0.25) is 5.78 Å². The highest BCUT2D eigenvalue weighted by molar-refractivity contribution is 6.25. The standard InChI is InChI=1S/C31H28O6/c1-17-14-30(4)16-29(3)15-21-20(11-10-19-8-6-5-7-9-19)12-13-22(33)24(21)26(34)25(29)28(36)31(30,37)27(35)23(17)18(2)32/h5-9,12-13,33,36-37H,14-16H2,1-4H3/t29-,30+,31+/m1/s1. The lowest BCUT2D eigenvalue weighted by Crippen LogP contribution is -2.63. The summed E-state index contributed by atoms with van der Waals surface area (Å²) in [6.45, 7) is 6.47. The molecule has 0 amide bonds. The van der Waals surface area contributed by atoms with Gasteiger partial charge in [0.1, 0.15) is 11.5 Å². The Balaban J connectivity index is 1.72. The second-order valence-corrected chi connectivity index (χ2v) is 11.1. The summed E-state index contributed by atoms with van der Waals surface area (Å²) in [5, 5.41) is 34.0. The predicted octanol–water partition coefficient (Wildman–Crippen LogP) is 4.37. The molecular weight excluding hydrogens is 468 g/mol. The molecular formula is C31H28O6. The van der Waals surface area contributed by atoms with Crippen LogP contribution in [0, 0.1) is 22.7 Å². The van der Waals surface area contributed by atoms with Crippen LogP contribution in [0.2, 0.25) is 0 Å². The van der Waals surface area contributed by atoms with Gasteiger partial charge in [-0.3, -0.25) is 14.4 Å². The van der Waals surface area contributed by atoms with E-state index in [2.05, 4.69) is 11.8 Å². The van der Waals surface area contributed by atoms with Crippen molar-refractivity contribution >= 4 is 17.3 Å². The van der Waals surface area contributed by atoms with Crippen molar-refractivity contribution in [3.05, 3.63) is 87.2 Å². The minimum Gasteiger partial charge on any atom is -0.508 e. The highest BCUT2D eigenvalue weighted by Crippen LogP contribution is 2.62. The summed E-state index contributed by atoms with van der Waals surface area (Å²) in [6, 6.07) is 12.5. The molecule has 0 saturated carbocycles. The van der Waals surface area contributed by atoms with Gasteiger partial charge in [-0.25, -0.2) is 0 Å². The van der Waals surface area contributed by atoms with E-state index < -0.39 is 39.5 Å². The number of ketones is 3. The van der Waals surface area contributed by atoms with E-state index in [-0.39, 0.29) is 41.7 Å². The van der Waals surface area contributed by atoms with Crippen molar-refractivity contribution in [1.29, 1.82) is 0 Å². The quantitative estimate of drug-likeness (QED) is 0.399. The van der Waals surface area contributed by atoms with E-state index >= 15 is 0 Å². The molecule has 37 heavy (non-hydrogen) atoms. The first kappa shape index (κ1) is 24.7. The molecule has 2 aromatic carbocycles. The van der Waals surface area contributed by atoms with Crippen molar-refractivity contribution in [3.63, 3.8) is 0 Å². The lowest BCUT2D eigenvalue weighted by molar-refractivity contribution is -0.157. The molecule has 0 aromatic heterocycles. The van der Waals surface area contributed by atoms with Crippen molar-refractivity contribution in [2.45, 2.75) is 52.6 Å². The van der Waals surface area contributed by atoms with E-state index in [1.807, 2.05) is 37.3 Å². The number of hydrogen-bond acceptors (Lipinski definition) is 6. The van der Waals surface area contributed by atoms with Crippen LogP contribution >= 0.6 is 0 Å². The van der Waals surface area contributed by atoms with Gasteiger partial charge in [-0.15, -0.1) is 0 Å². The van der Waals surface area contributed by atoms with Crippen LogP contribution in [0.15, 0.2) is 64.9 Å². The number of aliphatic hydroxyl groups excluding tert-OH is 1. The van der Waals surface area contributed by atoms with Gasteiger partial charge in [-0.2, -0.15) is 0 Å². The Kier molecular flexibility index (Phi) is 5.36. The molecule has 3 atom stereocenters. The smallest absolute Gasteiger partial charge is 0.206 e. The Morgan fingerprint density at radius 2 is 1.65 bits per heavy atom. The Morgan fingerprint density at radius 3 is 2.30 bits per heavy atom. The van der Waals surface area contributed by atoms with Gasteiger partial charge in [0, 0.05) is 27.5 Å². The van der Waals surface area contributed by atoms with Crippen LogP contribution < -0.4 is 0 Å². The third kappa shape index (κ3) is 3.34. The second kappa shape index (κ2) is 8.03. The molecule has 188 valence electrons. The van der Waals surface area contributed by atoms with E-state index in [4.69, 9.17) is 0 Å². The highest BCUT2D eigenvalue weighted by Gasteiger charge is 2.67. The van der Waals surface area contributed by atoms with E-state index in [1.165, 1.54) is 13.0 Å². The van der Waals surface area contributed by atoms with Crippen LogP contribution in [0.5, 0.6) is 5.75 Å². The largest absolute Gasteiger partial charge is 0.508 e. The molecule has 0 unspecified atom stereocenters. The Labute approximate surface area is 215 Å². The van der Waals surface area contributed by atoms with Crippen LogP contribution in [-0.2, 0) is 16.0 Å².